The van der Waals surface area contributed by atoms with Gasteiger partial charge >= 0.3 is 0 Å². The Hall–Kier alpha value is -3.06. The summed E-state index contributed by atoms with van der Waals surface area (Å²) in [5.41, 5.74) is 2.16. The van der Waals surface area contributed by atoms with Gasteiger partial charge in [0.2, 0.25) is 6.79 Å². The predicted molar refractivity (Wildman–Crippen MR) is 104 cm³/mol. The molecule has 0 aliphatic carbocycles. The van der Waals surface area contributed by atoms with E-state index >= 15 is 0 Å². The van der Waals surface area contributed by atoms with Crippen molar-refractivity contribution in [1.82, 2.24) is 0 Å². The molecule has 0 spiro atoms. The summed E-state index contributed by atoms with van der Waals surface area (Å²) < 4.78 is 52.9. The minimum atomic E-state index is -4.15. The maximum atomic E-state index is 14.3. The van der Waals surface area contributed by atoms with Crippen LogP contribution in [0.2, 0.25) is 0 Å². The van der Waals surface area contributed by atoms with E-state index in [0.29, 0.717) is 17.2 Å². The number of nitrogens with zero attached hydrogens (tertiary/aromatic N) is 1. The van der Waals surface area contributed by atoms with Crippen molar-refractivity contribution in [2.24, 2.45) is 0 Å². The van der Waals surface area contributed by atoms with Crippen LogP contribution in [0.3, 0.4) is 0 Å². The third-order valence-corrected chi connectivity index (χ3v) is 6.26. The second kappa shape index (κ2) is 7.16. The topological polar surface area (TPSA) is 55.8 Å². The van der Waals surface area contributed by atoms with E-state index in [4.69, 9.17) is 9.47 Å². The average Bonchev–Trinajstić information content (AvgIpc) is 3.14. The minimum Gasteiger partial charge on any atom is -0.454 e. The maximum Gasteiger partial charge on any atom is 0.267 e. The maximum absolute atomic E-state index is 14.3. The number of halogens is 1. The lowest BCUT2D eigenvalue weighted by molar-refractivity contribution is 0.174. The third kappa shape index (κ3) is 3.41. The number of aryl methyl sites for hydroxylation is 1. The van der Waals surface area contributed by atoms with Crippen LogP contribution in [-0.2, 0) is 16.6 Å². The highest BCUT2D eigenvalue weighted by atomic mass is 32.2. The summed E-state index contributed by atoms with van der Waals surface area (Å²) in [5, 5.41) is 0. The Bertz CT molecular complexity index is 1130. The monoisotopic (exact) mass is 399 g/mol. The van der Waals surface area contributed by atoms with Crippen LogP contribution in [0.4, 0.5) is 10.1 Å². The molecule has 0 N–H and O–H groups in total. The highest BCUT2D eigenvalue weighted by Crippen LogP contribution is 2.37. The molecule has 0 amide bonds. The molecule has 3 aromatic rings. The molecular formula is C21H18FNO4S. The smallest absolute Gasteiger partial charge is 0.267 e. The Kier molecular flexibility index (Phi) is 4.68. The number of ether oxygens (including phenoxy) is 2. The molecule has 0 radical (unpaired) electrons. The van der Waals surface area contributed by atoms with Crippen LogP contribution in [0.25, 0.3) is 0 Å². The van der Waals surface area contributed by atoms with Crippen molar-refractivity contribution in [3.05, 3.63) is 83.7 Å². The van der Waals surface area contributed by atoms with Crippen molar-refractivity contribution >= 4 is 15.7 Å². The van der Waals surface area contributed by atoms with Gasteiger partial charge in [-0.25, -0.2) is 12.8 Å². The molecule has 1 aliphatic heterocycles. The molecular weight excluding hydrogens is 381 g/mol. The van der Waals surface area contributed by atoms with Gasteiger partial charge in [0, 0.05) is 6.07 Å². The zero-order valence-electron chi connectivity index (χ0n) is 15.1. The number of hydrogen-bond acceptors (Lipinski definition) is 4. The Morgan fingerprint density at radius 3 is 2.54 bits per heavy atom. The first-order valence-electron chi connectivity index (χ1n) is 8.67. The van der Waals surface area contributed by atoms with Crippen molar-refractivity contribution < 1.29 is 22.3 Å². The minimum absolute atomic E-state index is 0.0536. The van der Waals surface area contributed by atoms with Crippen LogP contribution in [-0.4, -0.2) is 15.2 Å². The number of benzene rings is 3. The molecule has 144 valence electrons. The fourth-order valence-electron chi connectivity index (χ4n) is 3.10. The van der Waals surface area contributed by atoms with Crippen molar-refractivity contribution in [2.45, 2.75) is 18.4 Å². The third-order valence-electron chi connectivity index (χ3n) is 4.46. The van der Waals surface area contributed by atoms with Gasteiger partial charge < -0.3 is 9.47 Å². The summed E-state index contributed by atoms with van der Waals surface area (Å²) in [5.74, 6) is 0.204. The van der Waals surface area contributed by atoms with Gasteiger partial charge in [0.05, 0.1) is 12.2 Å². The zero-order valence-corrected chi connectivity index (χ0v) is 15.9. The van der Waals surface area contributed by atoms with Gasteiger partial charge in [-0.3, -0.25) is 4.31 Å². The summed E-state index contributed by atoms with van der Waals surface area (Å²) in [7, 11) is -4.15. The Balaban J connectivity index is 1.83. The summed E-state index contributed by atoms with van der Waals surface area (Å²) in [6.45, 7) is 2.06. The molecule has 0 aromatic heterocycles. The van der Waals surface area contributed by atoms with E-state index in [2.05, 4.69) is 0 Å². The SMILES string of the molecule is Cc1cccc(CN(c2ccc3c(c2)OCO3)S(=O)(=O)c2ccccc2F)c1. The van der Waals surface area contributed by atoms with Gasteiger partial charge in [-0.1, -0.05) is 42.0 Å². The second-order valence-corrected chi connectivity index (χ2v) is 8.30. The lowest BCUT2D eigenvalue weighted by atomic mass is 10.1. The highest BCUT2D eigenvalue weighted by molar-refractivity contribution is 7.92. The lowest BCUT2D eigenvalue weighted by Gasteiger charge is -2.25. The summed E-state index contributed by atoms with van der Waals surface area (Å²) >= 11 is 0. The molecule has 1 aliphatic rings. The van der Waals surface area contributed by atoms with Crippen LogP contribution in [0, 0.1) is 12.7 Å². The predicted octanol–water partition coefficient (Wildman–Crippen LogP) is 4.26. The standard InChI is InChI=1S/C21H18FNO4S/c1-15-5-4-6-16(11-15)13-23(17-9-10-19-20(12-17)27-14-26-19)28(24,25)21-8-3-2-7-18(21)22/h2-12H,13-14H2,1H3. The number of hydrogen-bond donors (Lipinski definition) is 0. The number of sulfonamides is 1. The van der Waals surface area contributed by atoms with Crippen LogP contribution in [0.1, 0.15) is 11.1 Å². The molecule has 1 heterocycles. The number of rotatable bonds is 5. The van der Waals surface area contributed by atoms with Crippen LogP contribution in [0.5, 0.6) is 11.5 Å². The Morgan fingerprint density at radius 2 is 1.75 bits per heavy atom. The molecule has 5 nitrogen and oxygen atoms in total. The molecule has 0 atom stereocenters. The van der Waals surface area contributed by atoms with Crippen LogP contribution >= 0.6 is 0 Å². The van der Waals surface area contributed by atoms with Crippen molar-refractivity contribution in [3.63, 3.8) is 0 Å². The average molecular weight is 399 g/mol. The van der Waals surface area contributed by atoms with Crippen molar-refractivity contribution in [2.75, 3.05) is 11.1 Å². The van der Waals surface area contributed by atoms with E-state index < -0.39 is 15.8 Å². The summed E-state index contributed by atoms with van der Waals surface area (Å²) in [4.78, 5) is -0.375. The van der Waals surface area contributed by atoms with Gasteiger partial charge in [-0.2, -0.15) is 0 Å². The molecule has 3 aromatic carbocycles. The molecule has 7 heteroatoms. The first kappa shape index (κ1) is 18.3. The van der Waals surface area contributed by atoms with E-state index in [1.54, 1.807) is 18.2 Å². The summed E-state index contributed by atoms with van der Waals surface area (Å²) in [6, 6.07) is 17.8. The van der Waals surface area contributed by atoms with Gasteiger partial charge in [-0.05, 0) is 36.8 Å². The molecule has 0 saturated heterocycles. The number of anilines is 1. The van der Waals surface area contributed by atoms with E-state index in [0.717, 1.165) is 17.2 Å². The van der Waals surface area contributed by atoms with Gasteiger partial charge in [-0.15, -0.1) is 0 Å². The van der Waals surface area contributed by atoms with Crippen LogP contribution in [0.15, 0.2) is 71.6 Å². The van der Waals surface area contributed by atoms with Crippen molar-refractivity contribution in [1.29, 1.82) is 0 Å². The zero-order chi connectivity index (χ0) is 19.7. The molecule has 0 saturated carbocycles. The van der Waals surface area contributed by atoms with E-state index in [1.165, 1.54) is 22.5 Å². The molecule has 0 fully saturated rings. The lowest BCUT2D eigenvalue weighted by Crippen LogP contribution is -2.31. The molecule has 4 rings (SSSR count). The van der Waals surface area contributed by atoms with Gasteiger partial charge in [0.25, 0.3) is 10.0 Å². The Labute approximate surface area is 163 Å². The fraction of sp³-hybridized carbons (Fsp3) is 0.143. The molecule has 0 unspecified atom stereocenters. The van der Waals surface area contributed by atoms with E-state index in [9.17, 15) is 12.8 Å². The quantitative estimate of drug-likeness (QED) is 0.643. The largest absolute Gasteiger partial charge is 0.454 e. The highest BCUT2D eigenvalue weighted by Gasteiger charge is 2.29. The fourth-order valence-corrected chi connectivity index (χ4v) is 4.62. The van der Waals surface area contributed by atoms with E-state index in [1.807, 2.05) is 31.2 Å². The number of fused-ring (bicyclic) bond motifs is 1. The molecule has 28 heavy (non-hydrogen) atoms. The first-order valence-corrected chi connectivity index (χ1v) is 10.1. The molecule has 0 bridgehead atoms. The normalized spacial score (nSPS) is 12.8. The van der Waals surface area contributed by atoms with Crippen molar-refractivity contribution in [3.8, 4) is 11.5 Å². The van der Waals surface area contributed by atoms with Gasteiger partial charge in [0.1, 0.15) is 10.7 Å². The first-order chi connectivity index (χ1) is 13.4. The summed E-state index contributed by atoms with van der Waals surface area (Å²) in [6.07, 6.45) is 0. The van der Waals surface area contributed by atoms with Crippen LogP contribution < -0.4 is 13.8 Å². The van der Waals surface area contributed by atoms with E-state index in [-0.39, 0.29) is 18.2 Å². The van der Waals surface area contributed by atoms with Gasteiger partial charge in [0.15, 0.2) is 11.5 Å². The Morgan fingerprint density at radius 1 is 0.964 bits per heavy atom. The second-order valence-electron chi connectivity index (χ2n) is 6.47.